The largest absolute Gasteiger partial charge is 0.508 e. The Labute approximate surface area is 248 Å². The van der Waals surface area contributed by atoms with Crippen molar-refractivity contribution in [3.05, 3.63) is 66.5 Å². The summed E-state index contributed by atoms with van der Waals surface area (Å²) in [5.74, 6) is 0.606. The summed E-state index contributed by atoms with van der Waals surface area (Å²) in [5, 5.41) is 25.4. The Morgan fingerprint density at radius 2 is 1.79 bits per heavy atom. The van der Waals surface area contributed by atoms with Gasteiger partial charge >= 0.3 is 0 Å². The Balaban J connectivity index is 1.35. The summed E-state index contributed by atoms with van der Waals surface area (Å²) in [5.41, 5.74) is 3.25. The van der Waals surface area contributed by atoms with Crippen molar-refractivity contribution in [2.24, 2.45) is 11.3 Å². The number of aromatic hydroxyl groups is 1. The highest BCUT2D eigenvalue weighted by molar-refractivity contribution is 6.10. The smallest absolute Gasteiger partial charge is 0.116 e. The number of pyridine rings is 1. The number of aromatic amines is 1. The predicted octanol–water partition coefficient (Wildman–Crippen LogP) is 6.56. The molecule has 2 aromatic heterocycles. The molecule has 6 nitrogen and oxygen atoms in total. The van der Waals surface area contributed by atoms with E-state index in [0.29, 0.717) is 12.0 Å². The van der Waals surface area contributed by atoms with Crippen molar-refractivity contribution in [2.75, 3.05) is 26.2 Å². The Hall–Kier alpha value is -2.93. The molecule has 42 heavy (non-hydrogen) atoms. The molecule has 1 spiro atoms. The molecule has 220 valence electrons. The highest BCUT2D eigenvalue weighted by atomic mass is 16.3. The van der Waals surface area contributed by atoms with Gasteiger partial charge in [0.15, 0.2) is 0 Å². The molecule has 5 aliphatic rings. The molecule has 1 aromatic carbocycles. The molecule has 6 heteroatoms. The zero-order chi connectivity index (χ0) is 28.3. The normalized spacial score (nSPS) is 35.5. The lowest BCUT2D eigenvalue weighted by atomic mass is 9.54. The van der Waals surface area contributed by atoms with Crippen molar-refractivity contribution in [3.63, 3.8) is 0 Å². The van der Waals surface area contributed by atoms with Crippen LogP contribution in [0.15, 0.2) is 60.8 Å². The van der Waals surface area contributed by atoms with Crippen LogP contribution >= 0.6 is 0 Å². The van der Waals surface area contributed by atoms with Crippen LogP contribution in [0.2, 0.25) is 0 Å². The lowest BCUT2D eigenvalue weighted by molar-refractivity contribution is -0.0894. The van der Waals surface area contributed by atoms with Crippen molar-refractivity contribution in [1.82, 2.24) is 19.8 Å². The van der Waals surface area contributed by atoms with Crippen LogP contribution in [0, 0.1) is 11.3 Å². The number of phenolic OH excluding ortho intramolecular Hbond substituents is 1. The summed E-state index contributed by atoms with van der Waals surface area (Å²) in [6.07, 6.45) is 24.7. The lowest BCUT2D eigenvalue weighted by Crippen LogP contribution is -2.65. The van der Waals surface area contributed by atoms with E-state index in [1.165, 1.54) is 31.3 Å². The first-order valence-corrected chi connectivity index (χ1v) is 16.4. The number of hydrogen-bond donors (Lipinski definition) is 3. The maximum absolute atomic E-state index is 13.1. The van der Waals surface area contributed by atoms with E-state index in [-0.39, 0.29) is 17.2 Å². The fourth-order valence-corrected chi connectivity index (χ4v) is 9.62. The Kier molecular flexibility index (Phi) is 6.58. The van der Waals surface area contributed by atoms with Crippen molar-refractivity contribution < 1.29 is 10.2 Å². The van der Waals surface area contributed by atoms with E-state index < -0.39 is 5.60 Å². The van der Waals surface area contributed by atoms with Crippen LogP contribution in [0.5, 0.6) is 5.75 Å². The van der Waals surface area contributed by atoms with Crippen LogP contribution in [-0.4, -0.2) is 73.8 Å². The molecule has 4 aliphatic heterocycles. The summed E-state index contributed by atoms with van der Waals surface area (Å²) in [4.78, 5) is 14.2. The van der Waals surface area contributed by atoms with Crippen LogP contribution in [0.4, 0.5) is 0 Å². The van der Waals surface area contributed by atoms with E-state index in [1.54, 1.807) is 6.07 Å². The first-order chi connectivity index (χ1) is 20.6. The van der Waals surface area contributed by atoms with Gasteiger partial charge in [-0.05, 0) is 126 Å². The van der Waals surface area contributed by atoms with Gasteiger partial charge in [-0.1, -0.05) is 24.3 Å². The summed E-state index contributed by atoms with van der Waals surface area (Å²) >= 11 is 0. The van der Waals surface area contributed by atoms with E-state index in [0.717, 1.165) is 92.2 Å². The monoisotopic (exact) mass is 564 g/mol. The van der Waals surface area contributed by atoms with Crippen LogP contribution in [0.25, 0.3) is 27.4 Å². The molecular weight excluding hydrogens is 520 g/mol. The van der Waals surface area contributed by atoms with Crippen molar-refractivity contribution in [1.29, 1.82) is 0 Å². The molecule has 0 radical (unpaired) electrons. The number of hydrogen-bond acceptors (Lipinski definition) is 5. The molecule has 8 rings (SSSR count). The quantitative estimate of drug-likeness (QED) is 0.292. The van der Waals surface area contributed by atoms with Crippen molar-refractivity contribution in [2.45, 2.75) is 81.9 Å². The number of aromatic nitrogens is 2. The zero-order valence-electron chi connectivity index (χ0n) is 24.6. The van der Waals surface area contributed by atoms with E-state index in [4.69, 9.17) is 4.98 Å². The van der Waals surface area contributed by atoms with Crippen LogP contribution in [-0.2, 0) is 0 Å². The number of piperidine rings is 1. The fourth-order valence-electron chi connectivity index (χ4n) is 9.62. The molecular formula is C36H44N4O2. The maximum Gasteiger partial charge on any atom is 0.116 e. The molecule has 1 aliphatic carbocycles. The molecule has 2 saturated heterocycles. The number of benzene rings is 1. The molecule has 6 atom stereocenters. The van der Waals surface area contributed by atoms with E-state index in [2.05, 4.69) is 51.2 Å². The second kappa shape index (κ2) is 10.4. The number of aliphatic hydroxyl groups is 1. The standard InChI is InChI=1S/C36H44N4O2/c41-26-12-13-31-28(21-26)27-14-17-37-32(33(27)38-31)29-23-36(42)16-8-4-1-2-5-9-18-39-20-15-30(29)35(24-39)22-25-11-7-3-6-10-19-40(25)34(35)36/h1,4,7,11-14,17,21,23,25,30,34,38,41-42H,2-3,5-6,8-10,15-16,18-20,22,24H2/t25-,30-,34+,35-,36-/m0/s1. The lowest BCUT2D eigenvalue weighted by Gasteiger charge is -2.58. The molecule has 6 heterocycles. The van der Waals surface area contributed by atoms with E-state index >= 15 is 0 Å². The summed E-state index contributed by atoms with van der Waals surface area (Å²) in [6, 6.07) is 8.08. The predicted molar refractivity (Wildman–Crippen MR) is 169 cm³/mol. The minimum Gasteiger partial charge on any atom is -0.508 e. The molecule has 3 N–H and O–H groups in total. The number of allylic oxidation sites excluding steroid dienone is 4. The van der Waals surface area contributed by atoms with Gasteiger partial charge in [0, 0.05) is 40.5 Å². The highest BCUT2D eigenvalue weighted by Crippen LogP contribution is 2.61. The topological polar surface area (TPSA) is 75.6 Å². The number of phenols is 1. The number of fused-ring (bicyclic) bond motifs is 5. The minimum absolute atomic E-state index is 0.0394. The minimum atomic E-state index is -0.941. The Morgan fingerprint density at radius 1 is 0.929 bits per heavy atom. The van der Waals surface area contributed by atoms with E-state index in [1.807, 2.05) is 18.3 Å². The van der Waals surface area contributed by atoms with Gasteiger partial charge in [0.25, 0.3) is 0 Å². The van der Waals surface area contributed by atoms with E-state index in [9.17, 15) is 10.2 Å². The van der Waals surface area contributed by atoms with Gasteiger partial charge in [-0.3, -0.25) is 9.88 Å². The van der Waals surface area contributed by atoms with Crippen LogP contribution < -0.4 is 0 Å². The Morgan fingerprint density at radius 3 is 2.71 bits per heavy atom. The number of nitrogens with one attached hydrogen (secondary N) is 1. The van der Waals surface area contributed by atoms with Gasteiger partial charge in [-0.25, -0.2) is 0 Å². The molecule has 2 fully saturated rings. The third-order valence-electron chi connectivity index (χ3n) is 11.2. The van der Waals surface area contributed by atoms with Gasteiger partial charge in [0.1, 0.15) is 5.75 Å². The van der Waals surface area contributed by atoms with Crippen LogP contribution in [0.1, 0.15) is 69.9 Å². The molecule has 3 bridgehead atoms. The first kappa shape index (κ1) is 26.7. The molecule has 0 saturated carbocycles. The number of rotatable bonds is 1. The van der Waals surface area contributed by atoms with Gasteiger partial charge in [0.05, 0.1) is 22.9 Å². The third kappa shape index (κ3) is 4.21. The van der Waals surface area contributed by atoms with Gasteiger partial charge in [-0.15, -0.1) is 0 Å². The number of nitrogens with zero attached hydrogens (tertiary/aromatic N) is 3. The summed E-state index contributed by atoms with van der Waals surface area (Å²) in [6.45, 7) is 4.36. The summed E-state index contributed by atoms with van der Waals surface area (Å²) in [7, 11) is 0. The zero-order valence-corrected chi connectivity index (χ0v) is 24.6. The molecule has 3 aromatic rings. The fraction of sp³-hybridized carbons (Fsp3) is 0.528. The van der Waals surface area contributed by atoms with Gasteiger partial charge in [0.2, 0.25) is 0 Å². The molecule has 1 unspecified atom stereocenters. The van der Waals surface area contributed by atoms with Crippen molar-refractivity contribution in [3.8, 4) is 5.75 Å². The first-order valence-electron chi connectivity index (χ1n) is 16.4. The second-order valence-electron chi connectivity index (χ2n) is 13.7. The maximum atomic E-state index is 13.1. The molecule has 0 amide bonds. The number of H-pyrrole nitrogens is 1. The average molecular weight is 565 g/mol. The average Bonchev–Trinajstić information content (AvgIpc) is 3.48. The highest BCUT2D eigenvalue weighted by Gasteiger charge is 2.65. The van der Waals surface area contributed by atoms with Gasteiger partial charge in [-0.2, -0.15) is 0 Å². The second-order valence-corrected chi connectivity index (χ2v) is 13.7. The Bertz CT molecular complexity index is 1590. The third-order valence-corrected chi connectivity index (χ3v) is 11.2. The summed E-state index contributed by atoms with van der Waals surface area (Å²) < 4.78 is 0. The van der Waals surface area contributed by atoms with Gasteiger partial charge < -0.3 is 20.1 Å². The SMILES string of the molecule is Oc1ccc2[nH]c3c(C4=C[C@@]5(O)CCC=CCCCCN6CC[C@@H]4[C@]4(C[C@@H]7C=CCCCCN7[C@H]45)C6)nccc3c2c1. The van der Waals surface area contributed by atoms with Crippen LogP contribution in [0.3, 0.4) is 0 Å². The van der Waals surface area contributed by atoms with Crippen molar-refractivity contribution >= 4 is 27.4 Å².